The van der Waals surface area contributed by atoms with Gasteiger partial charge in [0, 0.05) is 17.8 Å². The van der Waals surface area contributed by atoms with E-state index in [4.69, 9.17) is 0 Å². The summed E-state index contributed by atoms with van der Waals surface area (Å²) in [7, 11) is 0. The van der Waals surface area contributed by atoms with Gasteiger partial charge in [-0.25, -0.2) is 0 Å². The van der Waals surface area contributed by atoms with Gasteiger partial charge < -0.3 is 4.90 Å². The van der Waals surface area contributed by atoms with Crippen LogP contribution in [0.3, 0.4) is 0 Å². The molecule has 0 radical (unpaired) electrons. The second-order valence-corrected chi connectivity index (χ2v) is 6.01. The number of benzene rings is 3. The molecule has 0 atom stereocenters. The van der Waals surface area contributed by atoms with Gasteiger partial charge in [0.25, 0.3) is 5.91 Å². The topological polar surface area (TPSA) is 20.3 Å². The van der Waals surface area contributed by atoms with Crippen LogP contribution in [0.4, 0.5) is 18.9 Å². The highest BCUT2D eigenvalue weighted by Crippen LogP contribution is 2.32. The summed E-state index contributed by atoms with van der Waals surface area (Å²) in [6, 6.07) is 21.1. The molecular weight excluding hydrogens is 351 g/mol. The third-order valence-electron chi connectivity index (χ3n) is 4.31. The molecule has 0 aliphatic heterocycles. The summed E-state index contributed by atoms with van der Waals surface area (Å²) >= 11 is 0. The number of anilines is 1. The van der Waals surface area contributed by atoms with Crippen LogP contribution in [-0.4, -0.2) is 12.5 Å². The van der Waals surface area contributed by atoms with Crippen molar-refractivity contribution in [3.63, 3.8) is 0 Å². The predicted octanol–water partition coefficient (Wildman–Crippen LogP) is 6.04. The van der Waals surface area contributed by atoms with Crippen LogP contribution in [0.1, 0.15) is 22.8 Å². The second kappa shape index (κ2) is 7.66. The van der Waals surface area contributed by atoms with Crippen molar-refractivity contribution in [3.05, 3.63) is 90.0 Å². The van der Waals surface area contributed by atoms with E-state index in [9.17, 15) is 18.0 Å². The Morgan fingerprint density at radius 3 is 2.04 bits per heavy atom. The summed E-state index contributed by atoms with van der Waals surface area (Å²) in [5, 5.41) is 0. The van der Waals surface area contributed by atoms with Crippen molar-refractivity contribution in [1.29, 1.82) is 0 Å². The maximum atomic E-state index is 13.1. The monoisotopic (exact) mass is 369 g/mol. The Balaban J connectivity index is 2.00. The highest BCUT2D eigenvalue weighted by Gasteiger charge is 2.30. The van der Waals surface area contributed by atoms with E-state index in [0.717, 1.165) is 17.8 Å². The van der Waals surface area contributed by atoms with Crippen molar-refractivity contribution in [1.82, 2.24) is 0 Å². The minimum atomic E-state index is -4.39. The average molecular weight is 369 g/mol. The van der Waals surface area contributed by atoms with Gasteiger partial charge in [0.2, 0.25) is 0 Å². The number of para-hydroxylation sites is 1. The van der Waals surface area contributed by atoms with Crippen LogP contribution >= 0.6 is 0 Å². The number of nitrogens with zero attached hydrogens (tertiary/aromatic N) is 1. The first-order chi connectivity index (χ1) is 12.9. The molecule has 0 N–H and O–H groups in total. The summed E-state index contributed by atoms with van der Waals surface area (Å²) < 4.78 is 38.4. The van der Waals surface area contributed by atoms with E-state index in [1.165, 1.54) is 12.1 Å². The van der Waals surface area contributed by atoms with Gasteiger partial charge in [-0.05, 0) is 48.4 Å². The first kappa shape index (κ1) is 18.7. The van der Waals surface area contributed by atoms with Crippen molar-refractivity contribution in [3.8, 4) is 11.1 Å². The van der Waals surface area contributed by atoms with Crippen LogP contribution in [0, 0.1) is 0 Å². The summed E-state index contributed by atoms with van der Waals surface area (Å²) in [6.07, 6.45) is -4.39. The number of alkyl halides is 3. The molecule has 3 aromatic carbocycles. The molecular formula is C22H18F3NO. The number of rotatable bonds is 4. The Hall–Kier alpha value is -3.08. The van der Waals surface area contributed by atoms with Gasteiger partial charge in [0.1, 0.15) is 0 Å². The molecule has 138 valence electrons. The first-order valence-corrected chi connectivity index (χ1v) is 8.55. The molecule has 0 aromatic heterocycles. The van der Waals surface area contributed by atoms with Gasteiger partial charge in [-0.2, -0.15) is 13.2 Å². The first-order valence-electron chi connectivity index (χ1n) is 8.55. The van der Waals surface area contributed by atoms with Crippen molar-refractivity contribution in [2.75, 3.05) is 11.4 Å². The van der Waals surface area contributed by atoms with Gasteiger partial charge in [-0.15, -0.1) is 0 Å². The number of hydrogen-bond acceptors (Lipinski definition) is 1. The SMILES string of the molecule is CCN(C(=O)c1ccccc1-c1ccc(C(F)(F)F)cc1)c1ccccc1. The molecule has 0 heterocycles. The van der Waals surface area contributed by atoms with Crippen molar-refractivity contribution >= 4 is 11.6 Å². The zero-order valence-electron chi connectivity index (χ0n) is 14.7. The van der Waals surface area contributed by atoms with Gasteiger partial charge in [0.15, 0.2) is 0 Å². The van der Waals surface area contributed by atoms with Crippen LogP contribution in [0.5, 0.6) is 0 Å². The maximum absolute atomic E-state index is 13.1. The molecule has 0 aliphatic rings. The van der Waals surface area contributed by atoms with E-state index in [-0.39, 0.29) is 5.91 Å². The van der Waals surface area contributed by atoms with Crippen molar-refractivity contribution < 1.29 is 18.0 Å². The Labute approximate surface area is 155 Å². The predicted molar refractivity (Wildman–Crippen MR) is 101 cm³/mol. The molecule has 1 amide bonds. The lowest BCUT2D eigenvalue weighted by atomic mass is 9.97. The summed E-state index contributed by atoms with van der Waals surface area (Å²) in [4.78, 5) is 14.8. The molecule has 0 unspecified atom stereocenters. The zero-order chi connectivity index (χ0) is 19.4. The molecule has 3 aromatic rings. The smallest absolute Gasteiger partial charge is 0.309 e. The molecule has 0 spiro atoms. The van der Waals surface area contributed by atoms with Crippen molar-refractivity contribution in [2.45, 2.75) is 13.1 Å². The Morgan fingerprint density at radius 2 is 1.44 bits per heavy atom. The fourth-order valence-corrected chi connectivity index (χ4v) is 2.96. The number of carbonyl (C=O) groups excluding carboxylic acids is 1. The normalized spacial score (nSPS) is 11.3. The zero-order valence-corrected chi connectivity index (χ0v) is 14.7. The molecule has 0 saturated heterocycles. The Morgan fingerprint density at radius 1 is 0.852 bits per heavy atom. The summed E-state index contributed by atoms with van der Waals surface area (Å²) in [6.45, 7) is 2.36. The molecule has 0 fully saturated rings. The molecule has 2 nitrogen and oxygen atoms in total. The largest absolute Gasteiger partial charge is 0.416 e. The second-order valence-electron chi connectivity index (χ2n) is 6.01. The lowest BCUT2D eigenvalue weighted by Crippen LogP contribution is -2.30. The van der Waals surface area contributed by atoms with Crippen molar-refractivity contribution in [2.24, 2.45) is 0 Å². The molecule has 5 heteroatoms. The van der Waals surface area contributed by atoms with E-state index in [1.54, 1.807) is 29.2 Å². The number of halogens is 3. The van der Waals surface area contributed by atoms with E-state index in [1.807, 2.05) is 37.3 Å². The van der Waals surface area contributed by atoms with Crippen LogP contribution in [0.2, 0.25) is 0 Å². The highest BCUT2D eigenvalue weighted by molar-refractivity contribution is 6.10. The molecule has 27 heavy (non-hydrogen) atoms. The molecule has 3 rings (SSSR count). The lowest BCUT2D eigenvalue weighted by molar-refractivity contribution is -0.137. The summed E-state index contributed by atoms with van der Waals surface area (Å²) in [5.74, 6) is -0.195. The molecule has 0 bridgehead atoms. The lowest BCUT2D eigenvalue weighted by Gasteiger charge is -2.22. The third kappa shape index (κ3) is 4.03. The van der Waals surface area contributed by atoms with Crippen LogP contribution in [0.15, 0.2) is 78.9 Å². The molecule has 0 saturated carbocycles. The Kier molecular flexibility index (Phi) is 5.31. The quantitative estimate of drug-likeness (QED) is 0.549. The van der Waals surface area contributed by atoms with E-state index in [0.29, 0.717) is 23.2 Å². The van der Waals surface area contributed by atoms with Gasteiger partial charge in [-0.1, -0.05) is 48.5 Å². The third-order valence-corrected chi connectivity index (χ3v) is 4.31. The highest BCUT2D eigenvalue weighted by atomic mass is 19.4. The standard InChI is InChI=1S/C22H18F3NO/c1-2-26(18-8-4-3-5-9-18)21(27)20-11-7-6-10-19(20)16-12-14-17(15-13-16)22(23,24)25/h3-15H,2H2,1H3. The molecule has 0 aliphatic carbocycles. The summed E-state index contributed by atoms with van der Waals surface area (Å²) in [5.41, 5.74) is 1.67. The Bertz CT molecular complexity index is 918. The number of carbonyl (C=O) groups is 1. The number of hydrogen-bond donors (Lipinski definition) is 0. The van der Waals surface area contributed by atoms with Crippen LogP contribution < -0.4 is 4.90 Å². The number of amides is 1. The van der Waals surface area contributed by atoms with Gasteiger partial charge in [-0.3, -0.25) is 4.79 Å². The fraction of sp³-hybridized carbons (Fsp3) is 0.136. The minimum Gasteiger partial charge on any atom is -0.309 e. The average Bonchev–Trinajstić information content (AvgIpc) is 2.69. The fourth-order valence-electron chi connectivity index (χ4n) is 2.96. The van der Waals surface area contributed by atoms with Gasteiger partial charge in [0.05, 0.1) is 5.56 Å². The minimum absolute atomic E-state index is 0.195. The van der Waals surface area contributed by atoms with Gasteiger partial charge >= 0.3 is 6.18 Å². The van der Waals surface area contributed by atoms with Crippen LogP contribution in [0.25, 0.3) is 11.1 Å². The maximum Gasteiger partial charge on any atom is 0.416 e. The van der Waals surface area contributed by atoms with E-state index < -0.39 is 11.7 Å². The van der Waals surface area contributed by atoms with E-state index >= 15 is 0 Å². The van der Waals surface area contributed by atoms with E-state index in [2.05, 4.69) is 0 Å². The van der Waals surface area contributed by atoms with Crippen LogP contribution in [-0.2, 0) is 6.18 Å².